The lowest BCUT2D eigenvalue weighted by Gasteiger charge is -2.26. The highest BCUT2D eigenvalue weighted by molar-refractivity contribution is 6.31. The van der Waals surface area contributed by atoms with Crippen LogP contribution in [0.1, 0.15) is 22.9 Å². The van der Waals surface area contributed by atoms with Gasteiger partial charge in [0.15, 0.2) is 0 Å². The maximum atomic E-state index is 11.6. The Hall–Kier alpha value is -2.38. The molecule has 1 aromatic heterocycles. The molecule has 1 saturated heterocycles. The highest BCUT2D eigenvalue weighted by Gasteiger charge is 2.26. The number of aliphatic hydroxyl groups excluding tert-OH is 1. The van der Waals surface area contributed by atoms with Gasteiger partial charge in [0.25, 0.3) is 0 Å². The molecule has 1 amide bonds. The minimum absolute atomic E-state index is 0.0834. The van der Waals surface area contributed by atoms with Crippen LogP contribution in [0.25, 0.3) is 22.2 Å². The van der Waals surface area contributed by atoms with Gasteiger partial charge in [-0.3, -0.25) is 15.0 Å². The molecule has 0 spiro atoms. The van der Waals surface area contributed by atoms with Gasteiger partial charge in [0, 0.05) is 58.9 Å². The Bertz CT molecular complexity index is 1080. The number of halogens is 1. The molecule has 28 heavy (non-hydrogen) atoms. The first kappa shape index (κ1) is 17.7. The summed E-state index contributed by atoms with van der Waals surface area (Å²) in [5.74, 6) is 0.0834. The fourth-order valence-corrected chi connectivity index (χ4v) is 4.41. The molecule has 7 heteroatoms. The number of aliphatic hydroxyl groups is 1. The van der Waals surface area contributed by atoms with Crippen molar-refractivity contribution < 1.29 is 9.90 Å². The molecule has 2 aromatic carbocycles. The van der Waals surface area contributed by atoms with Gasteiger partial charge in [-0.2, -0.15) is 0 Å². The van der Waals surface area contributed by atoms with Gasteiger partial charge in [-0.15, -0.1) is 0 Å². The van der Waals surface area contributed by atoms with Crippen LogP contribution in [0.3, 0.4) is 0 Å². The van der Waals surface area contributed by atoms with Crippen molar-refractivity contribution in [2.75, 3.05) is 19.6 Å². The molecule has 5 rings (SSSR count). The number of hydrogen-bond donors (Lipinski definition) is 4. The van der Waals surface area contributed by atoms with Crippen LogP contribution in [0.5, 0.6) is 0 Å². The lowest BCUT2D eigenvalue weighted by molar-refractivity contribution is -0.124. The van der Waals surface area contributed by atoms with E-state index in [1.165, 1.54) is 5.56 Å². The zero-order valence-corrected chi connectivity index (χ0v) is 16.0. The van der Waals surface area contributed by atoms with Gasteiger partial charge in [0.2, 0.25) is 5.91 Å². The van der Waals surface area contributed by atoms with Gasteiger partial charge in [-0.25, -0.2) is 0 Å². The molecule has 0 radical (unpaired) electrons. The number of nitrogens with one attached hydrogen (secondary N) is 3. The number of piperazine rings is 1. The fourth-order valence-electron chi connectivity index (χ4n) is 4.18. The summed E-state index contributed by atoms with van der Waals surface area (Å²) >= 11 is 6.30. The van der Waals surface area contributed by atoms with Crippen molar-refractivity contribution in [3.8, 4) is 11.3 Å². The summed E-state index contributed by atoms with van der Waals surface area (Å²) in [5, 5.41) is 18.0. The maximum absolute atomic E-state index is 11.6. The zero-order chi connectivity index (χ0) is 19.3. The molecule has 144 valence electrons. The first-order valence-corrected chi connectivity index (χ1v) is 9.80. The second-order valence-electron chi connectivity index (χ2n) is 7.44. The van der Waals surface area contributed by atoms with Crippen molar-refractivity contribution in [1.82, 2.24) is 20.5 Å². The van der Waals surface area contributed by atoms with E-state index < -0.39 is 6.23 Å². The standard InChI is InChI=1S/C21H21ClN4O2/c22-16-3-2-14(20-15(16)9-24-21(20)28)18-8-13-7-12(1-4-17(13)25-18)10-26-6-5-23-19(27)11-26/h1-4,7-8,21,24-25,28H,5-6,9-11H2,(H,23,27). The van der Waals surface area contributed by atoms with Crippen molar-refractivity contribution >= 4 is 28.4 Å². The molecule has 2 aliphatic heterocycles. The zero-order valence-electron chi connectivity index (χ0n) is 15.3. The molecular weight excluding hydrogens is 376 g/mol. The number of carbonyl (C=O) groups is 1. The minimum Gasteiger partial charge on any atom is -0.374 e. The van der Waals surface area contributed by atoms with Crippen LogP contribution in [0.15, 0.2) is 36.4 Å². The van der Waals surface area contributed by atoms with Gasteiger partial charge in [-0.1, -0.05) is 23.7 Å². The van der Waals surface area contributed by atoms with E-state index in [0.717, 1.165) is 46.4 Å². The van der Waals surface area contributed by atoms with Crippen LogP contribution in [0.2, 0.25) is 5.02 Å². The monoisotopic (exact) mass is 396 g/mol. The summed E-state index contributed by atoms with van der Waals surface area (Å²) in [6.07, 6.45) is -0.712. The Labute approximate surface area is 167 Å². The molecule has 1 atom stereocenters. The number of benzene rings is 2. The number of hydrogen-bond acceptors (Lipinski definition) is 4. The molecule has 6 nitrogen and oxygen atoms in total. The highest BCUT2D eigenvalue weighted by atomic mass is 35.5. The van der Waals surface area contributed by atoms with Gasteiger partial charge in [0.05, 0.1) is 6.54 Å². The number of amides is 1. The van der Waals surface area contributed by atoms with E-state index in [0.29, 0.717) is 24.7 Å². The van der Waals surface area contributed by atoms with E-state index in [-0.39, 0.29) is 5.91 Å². The van der Waals surface area contributed by atoms with Crippen molar-refractivity contribution in [2.45, 2.75) is 19.3 Å². The third-order valence-electron chi connectivity index (χ3n) is 5.54. The lowest BCUT2D eigenvalue weighted by Crippen LogP contribution is -2.47. The van der Waals surface area contributed by atoms with Crippen molar-refractivity contribution in [2.24, 2.45) is 0 Å². The van der Waals surface area contributed by atoms with E-state index >= 15 is 0 Å². The van der Waals surface area contributed by atoms with Crippen LogP contribution in [0.4, 0.5) is 0 Å². The van der Waals surface area contributed by atoms with Crippen LogP contribution in [-0.4, -0.2) is 40.5 Å². The number of aromatic nitrogens is 1. The number of carbonyl (C=O) groups excluding carboxylic acids is 1. The topological polar surface area (TPSA) is 80.4 Å². The van der Waals surface area contributed by atoms with Crippen molar-refractivity contribution in [3.63, 3.8) is 0 Å². The Morgan fingerprint density at radius 1 is 1.21 bits per heavy atom. The van der Waals surface area contributed by atoms with Gasteiger partial charge < -0.3 is 15.4 Å². The Kier molecular flexibility index (Phi) is 4.36. The number of rotatable bonds is 3. The molecule has 0 saturated carbocycles. The van der Waals surface area contributed by atoms with Crippen LogP contribution < -0.4 is 10.6 Å². The normalized spacial score (nSPS) is 19.8. The molecule has 3 aromatic rings. The highest BCUT2D eigenvalue weighted by Crippen LogP contribution is 2.38. The molecule has 0 aliphatic carbocycles. The fraction of sp³-hybridized carbons (Fsp3) is 0.286. The Morgan fingerprint density at radius 3 is 2.96 bits per heavy atom. The predicted molar refractivity (Wildman–Crippen MR) is 109 cm³/mol. The summed E-state index contributed by atoms with van der Waals surface area (Å²) in [6, 6.07) is 12.3. The van der Waals surface area contributed by atoms with Gasteiger partial charge >= 0.3 is 0 Å². The van der Waals surface area contributed by atoms with E-state index in [4.69, 9.17) is 11.6 Å². The summed E-state index contributed by atoms with van der Waals surface area (Å²) in [5.41, 5.74) is 5.94. The lowest BCUT2D eigenvalue weighted by atomic mass is 10.00. The number of aromatic amines is 1. The largest absolute Gasteiger partial charge is 0.374 e. The first-order chi connectivity index (χ1) is 13.6. The van der Waals surface area contributed by atoms with Crippen molar-refractivity contribution in [1.29, 1.82) is 0 Å². The SMILES string of the molecule is O=C1CN(Cc2ccc3[nH]c(-c4ccc(Cl)c5c4C(O)NC5)cc3c2)CCN1. The number of nitrogens with zero attached hydrogens (tertiary/aromatic N) is 1. The van der Waals surface area contributed by atoms with Gasteiger partial charge in [-0.05, 0) is 35.4 Å². The minimum atomic E-state index is -0.712. The quantitative estimate of drug-likeness (QED) is 0.548. The summed E-state index contributed by atoms with van der Waals surface area (Å²) < 4.78 is 0. The third-order valence-corrected chi connectivity index (χ3v) is 5.90. The average Bonchev–Trinajstić information content (AvgIpc) is 3.26. The number of fused-ring (bicyclic) bond motifs is 2. The van der Waals surface area contributed by atoms with E-state index in [9.17, 15) is 9.90 Å². The third kappa shape index (κ3) is 3.08. The van der Waals surface area contributed by atoms with E-state index in [1.807, 2.05) is 12.1 Å². The first-order valence-electron chi connectivity index (χ1n) is 9.42. The predicted octanol–water partition coefficient (Wildman–Crippen LogP) is 2.51. The van der Waals surface area contributed by atoms with Gasteiger partial charge in [0.1, 0.15) is 6.23 Å². The Balaban J connectivity index is 1.48. The molecule has 4 N–H and O–H groups in total. The molecule has 1 fully saturated rings. The average molecular weight is 397 g/mol. The second-order valence-corrected chi connectivity index (χ2v) is 7.84. The van der Waals surface area contributed by atoms with Crippen LogP contribution in [0, 0.1) is 0 Å². The summed E-state index contributed by atoms with van der Waals surface area (Å²) in [4.78, 5) is 17.2. The smallest absolute Gasteiger partial charge is 0.234 e. The van der Waals surface area contributed by atoms with Crippen LogP contribution in [-0.2, 0) is 17.9 Å². The van der Waals surface area contributed by atoms with E-state index in [2.05, 4.69) is 44.8 Å². The molecule has 0 bridgehead atoms. The number of H-pyrrole nitrogens is 1. The van der Waals surface area contributed by atoms with Crippen LogP contribution >= 0.6 is 11.6 Å². The maximum Gasteiger partial charge on any atom is 0.234 e. The molecule has 3 heterocycles. The molecule has 1 unspecified atom stereocenters. The molecule has 2 aliphatic rings. The van der Waals surface area contributed by atoms with Crippen molar-refractivity contribution in [3.05, 3.63) is 58.1 Å². The second kappa shape index (κ2) is 6.90. The van der Waals surface area contributed by atoms with E-state index in [1.54, 1.807) is 0 Å². The Morgan fingerprint density at radius 2 is 2.11 bits per heavy atom. The molecular formula is C21H21ClN4O2. The summed E-state index contributed by atoms with van der Waals surface area (Å²) in [6.45, 7) is 3.33. The summed E-state index contributed by atoms with van der Waals surface area (Å²) in [7, 11) is 0.